The normalized spacial score (nSPS) is 14.0. The highest BCUT2D eigenvalue weighted by Gasteiger charge is 2.28. The summed E-state index contributed by atoms with van der Waals surface area (Å²) in [6, 6.07) is 3.62. The molecule has 0 amide bonds. The van der Waals surface area contributed by atoms with Gasteiger partial charge in [0.25, 0.3) is 0 Å². The van der Waals surface area contributed by atoms with Crippen molar-refractivity contribution in [2.75, 3.05) is 11.9 Å². The number of nitrogens with one attached hydrogen (secondary N) is 2. The Morgan fingerprint density at radius 2 is 1.62 bits per heavy atom. The lowest BCUT2D eigenvalue weighted by Gasteiger charge is -2.28. The van der Waals surface area contributed by atoms with Crippen molar-refractivity contribution in [3.63, 3.8) is 0 Å². The maximum Gasteiger partial charge on any atom is 0.241 e. The summed E-state index contributed by atoms with van der Waals surface area (Å²) in [5, 5.41) is 3.22. The molecule has 0 aliphatic heterocycles. The quantitative estimate of drug-likeness (QED) is 0.875. The molecule has 0 bridgehead atoms. The van der Waals surface area contributed by atoms with Gasteiger partial charge in [0.1, 0.15) is 0 Å². The van der Waals surface area contributed by atoms with Gasteiger partial charge in [-0.05, 0) is 56.4 Å². The summed E-state index contributed by atoms with van der Waals surface area (Å²) < 4.78 is 28.1. The third kappa shape index (κ3) is 4.45. The average molecular weight is 312 g/mol. The van der Waals surface area contributed by atoms with Crippen LogP contribution in [0.25, 0.3) is 0 Å². The Labute approximate surface area is 129 Å². The van der Waals surface area contributed by atoms with E-state index in [9.17, 15) is 8.42 Å². The number of sulfonamides is 1. The van der Waals surface area contributed by atoms with E-state index in [-0.39, 0.29) is 11.5 Å². The minimum Gasteiger partial charge on any atom is -0.385 e. The zero-order valence-electron chi connectivity index (χ0n) is 14.2. The molecule has 0 saturated carbocycles. The first-order valence-electron chi connectivity index (χ1n) is 7.36. The van der Waals surface area contributed by atoms with Gasteiger partial charge in [0.15, 0.2) is 0 Å². The van der Waals surface area contributed by atoms with Crippen LogP contribution in [0.3, 0.4) is 0 Å². The van der Waals surface area contributed by atoms with Crippen molar-refractivity contribution in [3.8, 4) is 0 Å². The average Bonchev–Trinajstić information content (AvgIpc) is 2.25. The second kappa shape index (κ2) is 6.36. The van der Waals surface area contributed by atoms with E-state index < -0.39 is 10.0 Å². The molecule has 0 aliphatic rings. The molecule has 0 aliphatic carbocycles. The molecule has 1 atom stereocenters. The van der Waals surface area contributed by atoms with Gasteiger partial charge in [-0.25, -0.2) is 13.1 Å². The number of anilines is 1. The molecule has 120 valence electrons. The van der Waals surface area contributed by atoms with E-state index in [2.05, 4.69) is 10.0 Å². The van der Waals surface area contributed by atoms with E-state index in [0.29, 0.717) is 4.90 Å². The van der Waals surface area contributed by atoms with Crippen LogP contribution in [0.4, 0.5) is 5.69 Å². The summed E-state index contributed by atoms with van der Waals surface area (Å²) in [4.78, 5) is 0.389. The molecule has 4 nitrogen and oxygen atoms in total. The Hall–Kier alpha value is -1.07. The second-order valence-corrected chi connectivity index (χ2v) is 8.33. The number of benzene rings is 1. The molecule has 1 aromatic carbocycles. The SMILES string of the molecule is CCNc1cc(C)c(S(=O)(=O)NC(C)C(C)(C)C)c(C)c1. The van der Waals surface area contributed by atoms with Crippen molar-refractivity contribution < 1.29 is 8.42 Å². The van der Waals surface area contributed by atoms with Crippen LogP contribution in [-0.2, 0) is 10.0 Å². The summed E-state index contributed by atoms with van der Waals surface area (Å²) in [6.45, 7) is 14.5. The highest BCUT2D eigenvalue weighted by molar-refractivity contribution is 7.89. The van der Waals surface area contributed by atoms with Crippen molar-refractivity contribution in [2.24, 2.45) is 5.41 Å². The lowest BCUT2D eigenvalue weighted by molar-refractivity contribution is 0.317. The Morgan fingerprint density at radius 3 is 2.00 bits per heavy atom. The molecule has 0 radical (unpaired) electrons. The predicted octanol–water partition coefficient (Wildman–Crippen LogP) is 3.45. The number of hydrogen-bond donors (Lipinski definition) is 2. The first-order chi connectivity index (χ1) is 9.49. The van der Waals surface area contributed by atoms with Gasteiger partial charge in [-0.2, -0.15) is 0 Å². The van der Waals surface area contributed by atoms with Crippen LogP contribution < -0.4 is 10.0 Å². The topological polar surface area (TPSA) is 58.2 Å². The molecule has 5 heteroatoms. The highest BCUT2D eigenvalue weighted by atomic mass is 32.2. The standard InChI is InChI=1S/C16H28N2O2S/c1-8-17-14-9-11(2)15(12(3)10-14)21(19,20)18-13(4)16(5,6)7/h9-10,13,17-18H,8H2,1-7H3. The van der Waals surface area contributed by atoms with Gasteiger partial charge in [-0.3, -0.25) is 0 Å². The summed E-state index contributed by atoms with van der Waals surface area (Å²) >= 11 is 0. The van der Waals surface area contributed by atoms with Gasteiger partial charge in [0.2, 0.25) is 10.0 Å². The Morgan fingerprint density at radius 1 is 1.14 bits per heavy atom. The number of aryl methyl sites for hydroxylation is 2. The van der Waals surface area contributed by atoms with Crippen LogP contribution in [-0.4, -0.2) is 21.0 Å². The summed E-state index contributed by atoms with van der Waals surface area (Å²) in [5.41, 5.74) is 2.35. The van der Waals surface area contributed by atoms with E-state index in [1.54, 1.807) is 0 Å². The zero-order chi connectivity index (χ0) is 16.4. The minimum absolute atomic E-state index is 0.126. The smallest absolute Gasteiger partial charge is 0.241 e. The lowest BCUT2D eigenvalue weighted by atomic mass is 9.89. The summed E-state index contributed by atoms with van der Waals surface area (Å²) in [6.07, 6.45) is 0. The van der Waals surface area contributed by atoms with Crippen LogP contribution in [0.2, 0.25) is 0 Å². The molecule has 1 rings (SSSR count). The molecule has 0 saturated heterocycles. The third-order valence-electron chi connectivity index (χ3n) is 3.74. The van der Waals surface area contributed by atoms with Crippen LogP contribution in [0.1, 0.15) is 45.7 Å². The van der Waals surface area contributed by atoms with Crippen molar-refractivity contribution in [1.29, 1.82) is 0 Å². The molecule has 1 aromatic rings. The molecule has 0 spiro atoms. The zero-order valence-corrected chi connectivity index (χ0v) is 15.0. The molecular formula is C16H28N2O2S. The van der Waals surface area contributed by atoms with Crippen molar-refractivity contribution in [1.82, 2.24) is 4.72 Å². The first-order valence-corrected chi connectivity index (χ1v) is 8.84. The minimum atomic E-state index is -3.51. The van der Waals surface area contributed by atoms with Gasteiger partial charge in [0, 0.05) is 18.3 Å². The molecule has 0 fully saturated rings. The largest absolute Gasteiger partial charge is 0.385 e. The highest BCUT2D eigenvalue weighted by Crippen LogP contribution is 2.26. The number of hydrogen-bond acceptors (Lipinski definition) is 3. The van der Waals surface area contributed by atoms with E-state index >= 15 is 0 Å². The monoisotopic (exact) mass is 312 g/mol. The summed E-state index contributed by atoms with van der Waals surface area (Å²) in [7, 11) is -3.51. The lowest BCUT2D eigenvalue weighted by Crippen LogP contribution is -2.41. The maximum absolute atomic E-state index is 12.7. The van der Waals surface area contributed by atoms with Gasteiger partial charge in [-0.1, -0.05) is 20.8 Å². The molecule has 21 heavy (non-hydrogen) atoms. The summed E-state index contributed by atoms with van der Waals surface area (Å²) in [5.74, 6) is 0. The van der Waals surface area contributed by atoms with Crippen molar-refractivity contribution >= 4 is 15.7 Å². The maximum atomic E-state index is 12.7. The predicted molar refractivity (Wildman–Crippen MR) is 89.3 cm³/mol. The first kappa shape index (κ1) is 18.0. The molecular weight excluding hydrogens is 284 g/mol. The fraction of sp³-hybridized carbons (Fsp3) is 0.625. The molecule has 0 heterocycles. The van der Waals surface area contributed by atoms with Crippen LogP contribution in [0, 0.1) is 19.3 Å². The van der Waals surface area contributed by atoms with Gasteiger partial charge >= 0.3 is 0 Å². The van der Waals surface area contributed by atoms with Crippen LogP contribution in [0.5, 0.6) is 0 Å². The Bertz CT molecular complexity index is 578. The van der Waals surface area contributed by atoms with Crippen molar-refractivity contribution in [3.05, 3.63) is 23.3 Å². The number of rotatable bonds is 5. The second-order valence-electron chi connectivity index (χ2n) is 6.68. The fourth-order valence-corrected chi connectivity index (χ4v) is 4.05. The molecule has 1 unspecified atom stereocenters. The van der Waals surface area contributed by atoms with Crippen LogP contribution >= 0.6 is 0 Å². The third-order valence-corrected chi connectivity index (χ3v) is 5.59. The Balaban J connectivity index is 3.21. The van der Waals surface area contributed by atoms with Crippen LogP contribution in [0.15, 0.2) is 17.0 Å². The van der Waals surface area contributed by atoms with E-state index in [4.69, 9.17) is 0 Å². The van der Waals surface area contributed by atoms with Gasteiger partial charge in [-0.15, -0.1) is 0 Å². The van der Waals surface area contributed by atoms with Crippen molar-refractivity contribution in [2.45, 2.75) is 59.4 Å². The van der Waals surface area contributed by atoms with E-state index in [1.807, 2.05) is 60.6 Å². The van der Waals surface area contributed by atoms with E-state index in [1.165, 1.54) is 0 Å². The molecule has 2 N–H and O–H groups in total. The van der Waals surface area contributed by atoms with E-state index in [0.717, 1.165) is 23.4 Å². The fourth-order valence-electron chi connectivity index (χ4n) is 2.15. The van der Waals surface area contributed by atoms with Gasteiger partial charge < -0.3 is 5.32 Å². The Kier molecular flexibility index (Phi) is 5.45. The van der Waals surface area contributed by atoms with Gasteiger partial charge in [0.05, 0.1) is 4.90 Å². The molecule has 0 aromatic heterocycles.